The summed E-state index contributed by atoms with van der Waals surface area (Å²) in [5.41, 5.74) is 2.05. The first-order chi connectivity index (χ1) is 10.1. The maximum Gasteiger partial charge on any atom is 0.227 e. The van der Waals surface area contributed by atoms with Crippen molar-refractivity contribution >= 4 is 0 Å². The number of hydrogen-bond acceptors (Lipinski definition) is 5. The van der Waals surface area contributed by atoms with Crippen LogP contribution >= 0.6 is 0 Å². The second kappa shape index (κ2) is 7.04. The lowest BCUT2D eigenvalue weighted by atomic mass is 10.2. The van der Waals surface area contributed by atoms with Gasteiger partial charge in [-0.1, -0.05) is 13.0 Å². The van der Waals surface area contributed by atoms with Gasteiger partial charge >= 0.3 is 0 Å². The smallest absolute Gasteiger partial charge is 0.227 e. The quantitative estimate of drug-likeness (QED) is 0.816. The molecule has 0 N–H and O–H groups in total. The van der Waals surface area contributed by atoms with Crippen LogP contribution in [0.4, 0.5) is 0 Å². The van der Waals surface area contributed by atoms with Crippen LogP contribution in [0.1, 0.15) is 23.9 Å². The Morgan fingerprint density at radius 3 is 2.71 bits per heavy atom. The largest absolute Gasteiger partial charge is 0.490 e. The molecule has 2 heterocycles. The Labute approximate surface area is 124 Å². The average Bonchev–Trinajstić information content (AvgIpc) is 2.48. The van der Waals surface area contributed by atoms with E-state index in [1.807, 2.05) is 24.2 Å². The van der Waals surface area contributed by atoms with Gasteiger partial charge < -0.3 is 9.15 Å². The van der Waals surface area contributed by atoms with Crippen LogP contribution in [0.15, 0.2) is 39.9 Å². The van der Waals surface area contributed by atoms with Crippen molar-refractivity contribution in [3.63, 3.8) is 0 Å². The van der Waals surface area contributed by atoms with Gasteiger partial charge in [0.15, 0.2) is 0 Å². The normalized spacial score (nSPS) is 10.9. The van der Waals surface area contributed by atoms with Crippen molar-refractivity contribution in [2.75, 3.05) is 14.2 Å². The van der Waals surface area contributed by atoms with E-state index >= 15 is 0 Å². The Balaban J connectivity index is 1.99. The summed E-state index contributed by atoms with van der Waals surface area (Å²) in [4.78, 5) is 18.1. The number of aryl methyl sites for hydroxylation is 1. The highest BCUT2D eigenvalue weighted by Gasteiger charge is 2.07. The van der Waals surface area contributed by atoms with E-state index in [1.54, 1.807) is 0 Å². The van der Waals surface area contributed by atoms with Crippen LogP contribution in [0, 0.1) is 0 Å². The zero-order valence-corrected chi connectivity index (χ0v) is 12.6. The fourth-order valence-corrected chi connectivity index (χ4v) is 2.03. The van der Waals surface area contributed by atoms with E-state index in [2.05, 4.69) is 18.0 Å². The van der Waals surface area contributed by atoms with Crippen molar-refractivity contribution in [1.82, 2.24) is 9.88 Å². The summed E-state index contributed by atoms with van der Waals surface area (Å²) in [6, 6.07) is 5.58. The molecule has 0 fully saturated rings. The molecule has 0 radical (unpaired) electrons. The molecule has 5 nitrogen and oxygen atoms in total. The summed E-state index contributed by atoms with van der Waals surface area (Å²) in [5.74, 6) is 0.826. The molecule has 0 aliphatic heterocycles. The Kier molecular flexibility index (Phi) is 5.11. The van der Waals surface area contributed by atoms with Crippen molar-refractivity contribution < 1.29 is 9.15 Å². The summed E-state index contributed by atoms with van der Waals surface area (Å²) >= 11 is 0. The van der Waals surface area contributed by atoms with E-state index < -0.39 is 0 Å². The molecule has 0 aliphatic carbocycles. The number of hydrogen-bond donors (Lipinski definition) is 0. The molecule has 2 aromatic heterocycles. The molecule has 0 aromatic carbocycles. The standard InChI is InChI=1S/C16H20N2O3/c1-4-12-5-6-13(17-8-12)9-18(2)10-14-7-15(19)16(20-3)11-21-14/h5-8,11H,4,9-10H2,1-3H3. The van der Waals surface area contributed by atoms with Gasteiger partial charge in [0.1, 0.15) is 12.0 Å². The molecule has 5 heteroatoms. The molecule has 0 saturated carbocycles. The van der Waals surface area contributed by atoms with Crippen LogP contribution in [0.25, 0.3) is 0 Å². The Hall–Kier alpha value is -2.14. The minimum atomic E-state index is -0.169. The number of rotatable bonds is 6. The van der Waals surface area contributed by atoms with E-state index in [0.29, 0.717) is 18.8 Å². The number of ether oxygens (including phenoxy) is 1. The third-order valence-corrected chi connectivity index (χ3v) is 3.22. The number of nitrogens with zero attached hydrogens (tertiary/aromatic N) is 2. The predicted molar refractivity (Wildman–Crippen MR) is 80.3 cm³/mol. The summed E-state index contributed by atoms with van der Waals surface area (Å²) in [5, 5.41) is 0. The van der Waals surface area contributed by atoms with Gasteiger partial charge in [0.25, 0.3) is 0 Å². The fraction of sp³-hybridized carbons (Fsp3) is 0.375. The van der Waals surface area contributed by atoms with Gasteiger partial charge in [-0.2, -0.15) is 0 Å². The topological polar surface area (TPSA) is 55.6 Å². The van der Waals surface area contributed by atoms with Crippen LogP contribution in [0.2, 0.25) is 0 Å². The molecule has 0 unspecified atom stereocenters. The van der Waals surface area contributed by atoms with Crippen LogP contribution in [-0.2, 0) is 19.5 Å². The molecule has 112 valence electrons. The van der Waals surface area contributed by atoms with E-state index in [4.69, 9.17) is 9.15 Å². The van der Waals surface area contributed by atoms with Gasteiger partial charge in [-0.25, -0.2) is 0 Å². The number of aromatic nitrogens is 1. The lowest BCUT2D eigenvalue weighted by Gasteiger charge is -2.15. The predicted octanol–water partition coefficient (Wildman–Crippen LogP) is 2.24. The van der Waals surface area contributed by atoms with E-state index in [0.717, 1.165) is 12.1 Å². The molecule has 0 aliphatic rings. The first-order valence-electron chi connectivity index (χ1n) is 6.90. The van der Waals surface area contributed by atoms with Crippen LogP contribution in [0.3, 0.4) is 0 Å². The van der Waals surface area contributed by atoms with Crippen molar-refractivity contribution in [2.24, 2.45) is 0 Å². The zero-order valence-electron chi connectivity index (χ0n) is 12.6. The first-order valence-corrected chi connectivity index (χ1v) is 6.90. The van der Waals surface area contributed by atoms with Crippen molar-refractivity contribution in [3.05, 3.63) is 57.9 Å². The molecular weight excluding hydrogens is 268 g/mol. The van der Waals surface area contributed by atoms with Gasteiger partial charge in [-0.05, 0) is 25.1 Å². The zero-order chi connectivity index (χ0) is 15.2. The fourth-order valence-electron chi connectivity index (χ4n) is 2.03. The number of methoxy groups -OCH3 is 1. The molecule has 2 aromatic rings. The summed E-state index contributed by atoms with van der Waals surface area (Å²) in [6.07, 6.45) is 4.23. The third kappa shape index (κ3) is 4.16. The summed E-state index contributed by atoms with van der Waals surface area (Å²) in [7, 11) is 3.41. The van der Waals surface area contributed by atoms with Crippen molar-refractivity contribution in [1.29, 1.82) is 0 Å². The van der Waals surface area contributed by atoms with Gasteiger partial charge in [0.05, 0.1) is 19.3 Å². The van der Waals surface area contributed by atoms with Gasteiger partial charge in [-0.3, -0.25) is 14.7 Å². The SMILES string of the molecule is CCc1ccc(CN(C)Cc2cc(=O)c(OC)co2)nc1. The minimum absolute atomic E-state index is 0.169. The highest BCUT2D eigenvalue weighted by Crippen LogP contribution is 2.09. The van der Waals surface area contributed by atoms with Crippen molar-refractivity contribution in [3.8, 4) is 5.75 Å². The first kappa shape index (κ1) is 15.3. The Morgan fingerprint density at radius 1 is 1.33 bits per heavy atom. The molecule has 21 heavy (non-hydrogen) atoms. The highest BCUT2D eigenvalue weighted by molar-refractivity contribution is 5.17. The minimum Gasteiger partial charge on any atom is -0.490 e. The lowest BCUT2D eigenvalue weighted by molar-refractivity contribution is 0.277. The lowest BCUT2D eigenvalue weighted by Crippen LogP contribution is -2.19. The van der Waals surface area contributed by atoms with E-state index in [-0.39, 0.29) is 11.2 Å². The van der Waals surface area contributed by atoms with Crippen LogP contribution in [-0.4, -0.2) is 24.0 Å². The maximum absolute atomic E-state index is 11.7. The average molecular weight is 288 g/mol. The Morgan fingerprint density at radius 2 is 2.14 bits per heavy atom. The van der Waals surface area contributed by atoms with Crippen molar-refractivity contribution in [2.45, 2.75) is 26.4 Å². The second-order valence-corrected chi connectivity index (χ2v) is 4.96. The molecule has 0 spiro atoms. The summed E-state index contributed by atoms with van der Waals surface area (Å²) < 4.78 is 10.3. The van der Waals surface area contributed by atoms with Gasteiger partial charge in [0, 0.05) is 18.8 Å². The van der Waals surface area contributed by atoms with Gasteiger partial charge in [-0.15, -0.1) is 0 Å². The molecule has 0 bridgehead atoms. The van der Waals surface area contributed by atoms with E-state index in [1.165, 1.54) is 25.0 Å². The maximum atomic E-state index is 11.7. The van der Waals surface area contributed by atoms with Crippen LogP contribution in [0.5, 0.6) is 5.75 Å². The third-order valence-electron chi connectivity index (χ3n) is 3.22. The second-order valence-electron chi connectivity index (χ2n) is 4.96. The summed E-state index contributed by atoms with van der Waals surface area (Å²) in [6.45, 7) is 3.34. The monoisotopic (exact) mass is 288 g/mol. The molecule has 0 saturated heterocycles. The van der Waals surface area contributed by atoms with Gasteiger partial charge in [0.2, 0.25) is 11.2 Å². The molecule has 2 rings (SSSR count). The Bertz CT molecular complexity index is 635. The highest BCUT2D eigenvalue weighted by atomic mass is 16.5. The molecular formula is C16H20N2O3. The van der Waals surface area contributed by atoms with E-state index in [9.17, 15) is 4.79 Å². The molecule has 0 atom stereocenters. The van der Waals surface area contributed by atoms with Crippen LogP contribution < -0.4 is 10.2 Å². The number of pyridine rings is 1. The molecule has 0 amide bonds.